The van der Waals surface area contributed by atoms with Gasteiger partial charge in [0.1, 0.15) is 6.54 Å². The van der Waals surface area contributed by atoms with Crippen molar-refractivity contribution < 1.29 is 27.9 Å². The van der Waals surface area contributed by atoms with Crippen LogP contribution in [0.1, 0.15) is 18.5 Å². The third-order valence-corrected chi connectivity index (χ3v) is 4.49. The average molecular weight is 331 g/mol. The summed E-state index contributed by atoms with van der Waals surface area (Å²) in [6.07, 6.45) is -1.49. The molecule has 1 aromatic rings. The Morgan fingerprint density at radius 3 is 2.52 bits per heavy atom. The Bertz CT molecular complexity index is 624. The SMILES string of the molecule is O=C(O)[C@H]1CN(C(=O)Cn2ccc(C(F)(F)F)n2)C[C@@H]1C1CC1. The van der Waals surface area contributed by atoms with Gasteiger partial charge in [0.15, 0.2) is 5.69 Å². The van der Waals surface area contributed by atoms with E-state index in [1.807, 2.05) is 0 Å². The van der Waals surface area contributed by atoms with Crippen molar-refractivity contribution in [3.63, 3.8) is 0 Å². The Hall–Kier alpha value is -2.06. The molecule has 1 N–H and O–H groups in total. The molecule has 0 aromatic carbocycles. The number of rotatable bonds is 4. The van der Waals surface area contributed by atoms with Gasteiger partial charge in [-0.1, -0.05) is 0 Å². The number of aliphatic carboxylic acids is 1. The van der Waals surface area contributed by atoms with Crippen molar-refractivity contribution >= 4 is 11.9 Å². The molecule has 0 radical (unpaired) electrons. The third-order valence-electron chi connectivity index (χ3n) is 4.49. The van der Waals surface area contributed by atoms with E-state index in [1.54, 1.807) is 0 Å². The minimum absolute atomic E-state index is 0.0557. The second-order valence-electron chi connectivity index (χ2n) is 6.14. The van der Waals surface area contributed by atoms with Gasteiger partial charge in [0, 0.05) is 19.3 Å². The number of nitrogens with zero attached hydrogens (tertiary/aromatic N) is 3. The van der Waals surface area contributed by atoms with Crippen LogP contribution >= 0.6 is 0 Å². The number of carbonyl (C=O) groups excluding carboxylic acids is 1. The quantitative estimate of drug-likeness (QED) is 0.907. The lowest BCUT2D eigenvalue weighted by Crippen LogP contribution is -2.33. The summed E-state index contributed by atoms with van der Waals surface area (Å²) in [5.74, 6) is -1.63. The van der Waals surface area contributed by atoms with Crippen molar-refractivity contribution in [2.24, 2.45) is 17.8 Å². The molecule has 3 rings (SSSR count). The molecule has 126 valence electrons. The number of halogens is 3. The molecule has 9 heteroatoms. The molecular formula is C14H16F3N3O3. The molecule has 0 unspecified atom stereocenters. The van der Waals surface area contributed by atoms with Crippen molar-refractivity contribution in [2.45, 2.75) is 25.6 Å². The lowest BCUT2D eigenvalue weighted by molar-refractivity contribution is -0.143. The van der Waals surface area contributed by atoms with E-state index >= 15 is 0 Å². The van der Waals surface area contributed by atoms with Crippen molar-refractivity contribution in [3.8, 4) is 0 Å². The second-order valence-corrected chi connectivity index (χ2v) is 6.14. The van der Waals surface area contributed by atoms with E-state index in [1.165, 1.54) is 4.90 Å². The van der Waals surface area contributed by atoms with E-state index in [9.17, 15) is 27.9 Å². The number of carbonyl (C=O) groups is 2. The Morgan fingerprint density at radius 1 is 1.30 bits per heavy atom. The first-order chi connectivity index (χ1) is 10.8. The van der Waals surface area contributed by atoms with Crippen molar-refractivity contribution in [1.29, 1.82) is 0 Å². The molecule has 1 saturated heterocycles. The van der Waals surface area contributed by atoms with E-state index in [0.717, 1.165) is 29.8 Å². The van der Waals surface area contributed by atoms with Crippen LogP contribution in [0, 0.1) is 17.8 Å². The highest BCUT2D eigenvalue weighted by atomic mass is 19.4. The van der Waals surface area contributed by atoms with Crippen LogP contribution in [-0.4, -0.2) is 44.8 Å². The number of alkyl halides is 3. The van der Waals surface area contributed by atoms with Crippen molar-refractivity contribution in [3.05, 3.63) is 18.0 Å². The minimum atomic E-state index is -4.55. The first-order valence-corrected chi connectivity index (χ1v) is 7.37. The highest BCUT2D eigenvalue weighted by molar-refractivity contribution is 5.78. The molecule has 2 atom stereocenters. The first-order valence-electron chi connectivity index (χ1n) is 7.37. The standard InChI is InChI=1S/C14H16F3N3O3/c15-14(16,17)11-3-4-20(18-11)7-12(21)19-5-9(8-1-2-8)10(6-19)13(22)23/h3-4,8-10H,1-2,5-7H2,(H,22,23)/t9-,10+/m1/s1. The van der Waals surface area contributed by atoms with E-state index in [0.29, 0.717) is 12.5 Å². The summed E-state index contributed by atoms with van der Waals surface area (Å²) in [5.41, 5.74) is -1.05. The summed E-state index contributed by atoms with van der Waals surface area (Å²) in [6.45, 7) is 0.149. The Morgan fingerprint density at radius 2 is 2.00 bits per heavy atom. The normalized spacial score (nSPS) is 24.9. The molecule has 1 saturated carbocycles. The predicted octanol–water partition coefficient (Wildman–Crippen LogP) is 1.47. The van der Waals surface area contributed by atoms with Gasteiger partial charge in [-0.05, 0) is 30.7 Å². The molecule has 0 bridgehead atoms. The highest BCUT2D eigenvalue weighted by Gasteiger charge is 2.46. The molecule has 2 aliphatic rings. The van der Waals surface area contributed by atoms with E-state index in [-0.39, 0.29) is 19.0 Å². The number of aromatic nitrogens is 2. The fourth-order valence-electron chi connectivity index (χ4n) is 3.14. The number of hydrogen-bond donors (Lipinski definition) is 1. The zero-order chi connectivity index (χ0) is 16.8. The molecule has 1 aliphatic carbocycles. The maximum Gasteiger partial charge on any atom is 0.435 e. The zero-order valence-corrected chi connectivity index (χ0v) is 12.2. The molecule has 1 aromatic heterocycles. The van der Waals surface area contributed by atoms with Gasteiger partial charge in [-0.2, -0.15) is 18.3 Å². The average Bonchev–Trinajstić information content (AvgIpc) is 3.00. The summed E-state index contributed by atoms with van der Waals surface area (Å²) in [7, 11) is 0. The maximum absolute atomic E-state index is 12.5. The van der Waals surface area contributed by atoms with Gasteiger partial charge in [-0.25, -0.2) is 0 Å². The number of carboxylic acids is 1. The third kappa shape index (κ3) is 3.32. The van der Waals surface area contributed by atoms with Crippen LogP contribution in [0.3, 0.4) is 0 Å². The van der Waals surface area contributed by atoms with Gasteiger partial charge < -0.3 is 10.0 Å². The molecule has 2 heterocycles. The molecule has 23 heavy (non-hydrogen) atoms. The summed E-state index contributed by atoms with van der Waals surface area (Å²) in [6, 6.07) is 0.810. The van der Waals surface area contributed by atoms with Crippen LogP contribution in [0.2, 0.25) is 0 Å². The van der Waals surface area contributed by atoms with Gasteiger partial charge in [0.25, 0.3) is 0 Å². The van der Waals surface area contributed by atoms with Crippen molar-refractivity contribution in [1.82, 2.24) is 14.7 Å². The fourth-order valence-corrected chi connectivity index (χ4v) is 3.14. The van der Waals surface area contributed by atoms with Crippen LogP contribution in [-0.2, 0) is 22.3 Å². The largest absolute Gasteiger partial charge is 0.481 e. The fraction of sp³-hybridized carbons (Fsp3) is 0.643. The van der Waals surface area contributed by atoms with Gasteiger partial charge >= 0.3 is 12.1 Å². The molecule has 0 spiro atoms. The molecule has 1 amide bonds. The topological polar surface area (TPSA) is 75.4 Å². The first kappa shape index (κ1) is 15.8. The Balaban J connectivity index is 1.64. The van der Waals surface area contributed by atoms with E-state index in [2.05, 4.69) is 5.10 Å². The Kier molecular flexibility index (Phi) is 3.81. The van der Waals surface area contributed by atoms with Crippen LogP contribution in [0.5, 0.6) is 0 Å². The van der Waals surface area contributed by atoms with Crippen molar-refractivity contribution in [2.75, 3.05) is 13.1 Å². The summed E-state index contributed by atoms with van der Waals surface area (Å²) >= 11 is 0. The highest BCUT2D eigenvalue weighted by Crippen LogP contribution is 2.44. The smallest absolute Gasteiger partial charge is 0.435 e. The lowest BCUT2D eigenvalue weighted by atomic mass is 9.92. The van der Waals surface area contributed by atoms with Gasteiger partial charge in [-0.15, -0.1) is 0 Å². The predicted molar refractivity (Wildman–Crippen MR) is 71.1 cm³/mol. The van der Waals surface area contributed by atoms with Gasteiger partial charge in [-0.3, -0.25) is 14.3 Å². The number of hydrogen-bond acceptors (Lipinski definition) is 3. The second kappa shape index (κ2) is 5.54. The van der Waals surface area contributed by atoms with Gasteiger partial charge in [0.2, 0.25) is 5.91 Å². The van der Waals surface area contributed by atoms with Gasteiger partial charge in [0.05, 0.1) is 5.92 Å². The number of carboxylic acid groups (broad SMARTS) is 1. The van der Waals surface area contributed by atoms with Crippen LogP contribution in [0.4, 0.5) is 13.2 Å². The van der Waals surface area contributed by atoms with Crippen LogP contribution in [0.25, 0.3) is 0 Å². The molecule has 1 aliphatic heterocycles. The Labute approximate surface area is 129 Å². The molecular weight excluding hydrogens is 315 g/mol. The monoisotopic (exact) mass is 331 g/mol. The number of amides is 1. The summed E-state index contributed by atoms with van der Waals surface area (Å²) < 4.78 is 38.4. The maximum atomic E-state index is 12.5. The zero-order valence-electron chi connectivity index (χ0n) is 12.2. The van der Waals surface area contributed by atoms with Crippen LogP contribution in [0.15, 0.2) is 12.3 Å². The summed E-state index contributed by atoms with van der Waals surface area (Å²) in [4.78, 5) is 25.0. The number of likely N-dealkylation sites (tertiary alicyclic amines) is 1. The molecule has 2 fully saturated rings. The minimum Gasteiger partial charge on any atom is -0.481 e. The molecule has 6 nitrogen and oxygen atoms in total. The van der Waals surface area contributed by atoms with Crippen LogP contribution < -0.4 is 0 Å². The lowest BCUT2D eigenvalue weighted by Gasteiger charge is -2.16. The van der Waals surface area contributed by atoms with E-state index < -0.39 is 29.7 Å². The summed E-state index contributed by atoms with van der Waals surface area (Å²) in [5, 5.41) is 12.6. The van der Waals surface area contributed by atoms with E-state index in [4.69, 9.17) is 0 Å².